The Bertz CT molecular complexity index is 1900. The molecule has 2 aliphatic rings. The van der Waals surface area contributed by atoms with E-state index < -0.39 is 5.79 Å². The molecule has 4 heterocycles. The number of aryl methyl sites for hydroxylation is 2. The summed E-state index contributed by atoms with van der Waals surface area (Å²) in [5, 5.41) is 8.61. The number of piperazine rings is 1. The molecule has 0 radical (unpaired) electrons. The Balaban J connectivity index is 0.925. The average Bonchev–Trinajstić information content (AvgIpc) is 3.88. The van der Waals surface area contributed by atoms with Gasteiger partial charge in [-0.2, -0.15) is 10.2 Å². The standard InChI is InChI=1S/C37H44N8O4/c1-5-29(4)45-36(46)44(26-40-45)32-9-7-30(8-10-32)41-16-18-42(19-17-41)31-11-13-33(14-12-31)47-21-34-22-48-37(49-34,23-43-25-38-24-39-43)35-15-6-27(2)20-28(35)3/h6-15,20,24-26,29,34H,5,16-19,21-23H2,1-4H3/t29?,34?,37-/m0/s1. The van der Waals surface area contributed by atoms with Crippen LogP contribution in [0.5, 0.6) is 5.75 Å². The third-order valence-corrected chi connectivity index (χ3v) is 9.60. The zero-order valence-corrected chi connectivity index (χ0v) is 28.6. The summed E-state index contributed by atoms with van der Waals surface area (Å²) < 4.78 is 24.1. The highest BCUT2D eigenvalue weighted by Gasteiger charge is 2.45. The van der Waals surface area contributed by atoms with Crippen molar-refractivity contribution in [2.75, 3.05) is 49.2 Å². The first kappa shape index (κ1) is 32.6. The van der Waals surface area contributed by atoms with Crippen LogP contribution >= 0.6 is 0 Å². The van der Waals surface area contributed by atoms with Crippen molar-refractivity contribution < 1.29 is 14.2 Å². The fourth-order valence-corrected chi connectivity index (χ4v) is 6.68. The monoisotopic (exact) mass is 664 g/mol. The molecule has 0 bridgehead atoms. The van der Waals surface area contributed by atoms with Gasteiger partial charge >= 0.3 is 5.69 Å². The molecule has 0 N–H and O–H groups in total. The van der Waals surface area contributed by atoms with Crippen molar-refractivity contribution in [2.45, 2.75) is 58.6 Å². The van der Waals surface area contributed by atoms with E-state index in [4.69, 9.17) is 14.2 Å². The molecular formula is C37H44N8O4. The van der Waals surface area contributed by atoms with E-state index in [0.29, 0.717) is 19.8 Å². The van der Waals surface area contributed by atoms with Crippen LogP contribution in [0.15, 0.2) is 90.5 Å². The molecule has 49 heavy (non-hydrogen) atoms. The highest BCUT2D eigenvalue weighted by atomic mass is 16.8. The normalized spacial score (nSPS) is 20.1. The zero-order chi connectivity index (χ0) is 34.0. The topological polar surface area (TPSA) is 105 Å². The summed E-state index contributed by atoms with van der Waals surface area (Å²) in [4.78, 5) is 21.7. The van der Waals surface area contributed by atoms with Crippen molar-refractivity contribution >= 4 is 11.4 Å². The van der Waals surface area contributed by atoms with Gasteiger partial charge in [-0.1, -0.05) is 30.7 Å². The third-order valence-electron chi connectivity index (χ3n) is 9.60. The number of hydrogen-bond acceptors (Lipinski definition) is 9. The van der Waals surface area contributed by atoms with Crippen molar-refractivity contribution in [1.82, 2.24) is 29.1 Å². The SMILES string of the molecule is CCC(C)n1ncn(-c2ccc(N3CCN(c4ccc(OCC5CO[C@](Cn6cncn6)(c6ccc(C)cc6C)O5)cc4)CC3)cc2)c1=O. The van der Waals surface area contributed by atoms with Gasteiger partial charge in [0.25, 0.3) is 0 Å². The van der Waals surface area contributed by atoms with Crippen molar-refractivity contribution in [3.05, 3.63) is 113 Å². The van der Waals surface area contributed by atoms with E-state index in [9.17, 15) is 4.79 Å². The van der Waals surface area contributed by atoms with E-state index in [-0.39, 0.29) is 17.8 Å². The molecule has 3 atom stereocenters. The molecule has 0 saturated carbocycles. The average molecular weight is 665 g/mol. The minimum Gasteiger partial charge on any atom is -0.491 e. The van der Waals surface area contributed by atoms with Crippen molar-refractivity contribution in [1.29, 1.82) is 0 Å². The van der Waals surface area contributed by atoms with Gasteiger partial charge in [0.2, 0.25) is 5.79 Å². The molecule has 2 unspecified atom stereocenters. The van der Waals surface area contributed by atoms with Gasteiger partial charge in [0.1, 0.15) is 44.0 Å². The highest BCUT2D eigenvalue weighted by Crippen LogP contribution is 2.38. The van der Waals surface area contributed by atoms with Gasteiger partial charge in [-0.3, -0.25) is 0 Å². The van der Waals surface area contributed by atoms with Crippen molar-refractivity contribution in [3.8, 4) is 11.4 Å². The van der Waals surface area contributed by atoms with Gasteiger partial charge < -0.3 is 24.0 Å². The first-order valence-electron chi connectivity index (χ1n) is 17.0. The summed E-state index contributed by atoms with van der Waals surface area (Å²) in [6, 6.07) is 22.8. The maximum absolute atomic E-state index is 12.8. The predicted molar refractivity (Wildman–Crippen MR) is 188 cm³/mol. The van der Waals surface area contributed by atoms with Gasteiger partial charge in [0.05, 0.1) is 18.3 Å². The quantitative estimate of drug-likeness (QED) is 0.195. The van der Waals surface area contributed by atoms with Gasteiger partial charge in [-0.15, -0.1) is 0 Å². The number of aromatic nitrogens is 6. The van der Waals surface area contributed by atoms with E-state index >= 15 is 0 Å². The molecule has 0 spiro atoms. The molecule has 2 aliphatic heterocycles. The summed E-state index contributed by atoms with van der Waals surface area (Å²) >= 11 is 0. The largest absolute Gasteiger partial charge is 0.491 e. The van der Waals surface area contributed by atoms with Crippen LogP contribution in [0.3, 0.4) is 0 Å². The maximum Gasteiger partial charge on any atom is 0.350 e. The summed E-state index contributed by atoms with van der Waals surface area (Å²) in [6.07, 6.45) is 5.42. The van der Waals surface area contributed by atoms with Gasteiger partial charge in [0, 0.05) is 43.1 Å². The number of ether oxygens (including phenoxy) is 3. The van der Waals surface area contributed by atoms with Crippen LogP contribution in [0.1, 0.15) is 43.0 Å². The van der Waals surface area contributed by atoms with Crippen molar-refractivity contribution in [2.24, 2.45) is 0 Å². The molecule has 3 aromatic carbocycles. The van der Waals surface area contributed by atoms with Crippen LogP contribution in [0, 0.1) is 13.8 Å². The van der Waals surface area contributed by atoms with E-state index in [1.165, 1.54) is 17.6 Å². The number of rotatable bonds is 11. The lowest BCUT2D eigenvalue weighted by Crippen LogP contribution is -2.46. The molecule has 2 aromatic heterocycles. The smallest absolute Gasteiger partial charge is 0.350 e. The lowest BCUT2D eigenvalue weighted by Gasteiger charge is -2.37. The Labute approximate surface area is 286 Å². The number of nitrogens with zero attached hydrogens (tertiary/aromatic N) is 8. The summed E-state index contributed by atoms with van der Waals surface area (Å²) in [6.45, 7) is 13.0. The second kappa shape index (κ2) is 13.9. The van der Waals surface area contributed by atoms with Crippen LogP contribution in [0.4, 0.5) is 11.4 Å². The Kier molecular flexibility index (Phi) is 9.24. The molecule has 5 aromatic rings. The predicted octanol–water partition coefficient (Wildman–Crippen LogP) is 4.89. The summed E-state index contributed by atoms with van der Waals surface area (Å²) in [7, 11) is 0. The molecule has 12 heteroatoms. The molecule has 7 rings (SSSR count). The van der Waals surface area contributed by atoms with Gasteiger partial charge in [-0.05, 0) is 81.3 Å². The van der Waals surface area contributed by atoms with Crippen LogP contribution in [0.2, 0.25) is 0 Å². The van der Waals surface area contributed by atoms with Crippen molar-refractivity contribution in [3.63, 3.8) is 0 Å². The maximum atomic E-state index is 12.8. The molecule has 0 aliphatic carbocycles. The summed E-state index contributed by atoms with van der Waals surface area (Å²) in [5.74, 6) is -0.176. The third kappa shape index (κ3) is 6.83. The molecular weight excluding hydrogens is 620 g/mol. The summed E-state index contributed by atoms with van der Waals surface area (Å²) in [5.41, 5.74) is 6.31. The van der Waals surface area contributed by atoms with Crippen LogP contribution in [0.25, 0.3) is 5.69 Å². The Morgan fingerprint density at radius 2 is 1.57 bits per heavy atom. The fourth-order valence-electron chi connectivity index (χ4n) is 6.68. The lowest BCUT2D eigenvalue weighted by atomic mass is 9.98. The minimum absolute atomic E-state index is 0.0713. The van der Waals surface area contributed by atoms with Crippen LogP contribution in [-0.4, -0.2) is 74.6 Å². The van der Waals surface area contributed by atoms with Crippen LogP contribution < -0.4 is 20.2 Å². The lowest BCUT2D eigenvalue weighted by molar-refractivity contribution is -0.191. The van der Waals surface area contributed by atoms with E-state index in [1.54, 1.807) is 26.6 Å². The Morgan fingerprint density at radius 3 is 2.20 bits per heavy atom. The molecule has 2 fully saturated rings. The van der Waals surface area contributed by atoms with Crippen LogP contribution in [-0.2, 0) is 21.8 Å². The Morgan fingerprint density at radius 1 is 0.898 bits per heavy atom. The minimum atomic E-state index is -0.968. The highest BCUT2D eigenvalue weighted by molar-refractivity contribution is 5.54. The Hall–Kier alpha value is -4.94. The number of hydrogen-bond donors (Lipinski definition) is 0. The van der Waals surface area contributed by atoms with E-state index in [1.807, 2.05) is 31.2 Å². The molecule has 256 valence electrons. The molecule has 0 amide bonds. The second-order valence-electron chi connectivity index (χ2n) is 13.0. The first-order valence-corrected chi connectivity index (χ1v) is 17.0. The first-order chi connectivity index (χ1) is 23.8. The molecule has 12 nitrogen and oxygen atoms in total. The number of benzene rings is 3. The zero-order valence-electron chi connectivity index (χ0n) is 28.6. The van der Waals surface area contributed by atoms with Gasteiger partial charge in [0.15, 0.2) is 0 Å². The van der Waals surface area contributed by atoms with E-state index in [0.717, 1.165) is 60.9 Å². The second-order valence-corrected chi connectivity index (χ2v) is 13.0. The fraction of sp³-hybridized carbons (Fsp3) is 0.405. The number of anilines is 2. The van der Waals surface area contributed by atoms with Gasteiger partial charge in [-0.25, -0.2) is 23.7 Å². The molecule has 2 saturated heterocycles. The van der Waals surface area contributed by atoms with E-state index in [2.05, 4.69) is 88.2 Å².